The van der Waals surface area contributed by atoms with Crippen LogP contribution in [0.15, 0.2) is 30.3 Å². The first kappa shape index (κ1) is 14.7. The van der Waals surface area contributed by atoms with Crippen LogP contribution >= 0.6 is 0 Å². The van der Waals surface area contributed by atoms with Crippen LogP contribution in [0.5, 0.6) is 0 Å². The minimum Gasteiger partial charge on any atom is -0.480 e. The Hall–Kier alpha value is -2.35. The Morgan fingerprint density at radius 3 is 2.47 bits per heavy atom. The van der Waals surface area contributed by atoms with Gasteiger partial charge in [-0.2, -0.15) is 0 Å². The van der Waals surface area contributed by atoms with Gasteiger partial charge in [-0.25, -0.2) is 6.57 Å². The zero-order chi connectivity index (χ0) is 14.3. The number of esters is 1. The minimum absolute atomic E-state index is 0.0555. The van der Waals surface area contributed by atoms with E-state index in [1.54, 1.807) is 37.3 Å². The highest BCUT2D eigenvalue weighted by atomic mass is 16.5. The van der Waals surface area contributed by atoms with Gasteiger partial charge in [0.05, 0.1) is 13.0 Å². The van der Waals surface area contributed by atoms with Crippen LogP contribution in [0.2, 0.25) is 0 Å². The molecule has 1 rings (SSSR count). The van der Waals surface area contributed by atoms with E-state index in [-0.39, 0.29) is 19.6 Å². The number of carboxylic acid groups (broad SMARTS) is 1. The Labute approximate surface area is 111 Å². The fourth-order valence-corrected chi connectivity index (χ4v) is 1.88. The standard InChI is InChI=1S/C14H15NO4/c1-3-19-13(18)14(12(16)17,9-10-15-2)11-7-5-4-6-8-11/h4-8H,3,9-10H2,1H3,(H,16,17). The fourth-order valence-electron chi connectivity index (χ4n) is 1.88. The molecule has 0 saturated carbocycles. The van der Waals surface area contributed by atoms with E-state index in [4.69, 9.17) is 11.3 Å². The van der Waals surface area contributed by atoms with Gasteiger partial charge >= 0.3 is 11.9 Å². The third-order valence-corrected chi connectivity index (χ3v) is 2.85. The van der Waals surface area contributed by atoms with E-state index in [1.807, 2.05) is 0 Å². The smallest absolute Gasteiger partial charge is 0.328 e. The molecule has 0 bridgehead atoms. The zero-order valence-corrected chi connectivity index (χ0v) is 10.6. The van der Waals surface area contributed by atoms with E-state index in [2.05, 4.69) is 4.85 Å². The van der Waals surface area contributed by atoms with Crippen LogP contribution in [0.25, 0.3) is 4.85 Å². The summed E-state index contributed by atoms with van der Waals surface area (Å²) < 4.78 is 4.90. The van der Waals surface area contributed by atoms with Gasteiger partial charge < -0.3 is 14.7 Å². The Balaban J connectivity index is 3.32. The number of nitrogens with zero attached hydrogens (tertiary/aromatic N) is 1. The molecule has 0 radical (unpaired) electrons. The number of benzene rings is 1. The molecule has 100 valence electrons. The van der Waals surface area contributed by atoms with Gasteiger partial charge in [-0.15, -0.1) is 0 Å². The zero-order valence-electron chi connectivity index (χ0n) is 10.6. The molecule has 0 aliphatic rings. The Morgan fingerprint density at radius 2 is 2.00 bits per heavy atom. The number of carbonyl (C=O) groups excluding carboxylic acids is 1. The molecule has 0 aromatic heterocycles. The lowest BCUT2D eigenvalue weighted by Gasteiger charge is -2.25. The molecule has 5 nitrogen and oxygen atoms in total. The van der Waals surface area contributed by atoms with Crippen LogP contribution in [-0.2, 0) is 19.7 Å². The summed E-state index contributed by atoms with van der Waals surface area (Å²) in [4.78, 5) is 26.9. The Morgan fingerprint density at radius 1 is 1.37 bits per heavy atom. The number of aliphatic carboxylic acids is 1. The molecule has 0 heterocycles. The van der Waals surface area contributed by atoms with Crippen LogP contribution in [0.1, 0.15) is 18.9 Å². The summed E-state index contributed by atoms with van der Waals surface area (Å²) in [7, 11) is 0. The largest absolute Gasteiger partial charge is 0.480 e. The number of carboxylic acids is 1. The average molecular weight is 261 g/mol. The van der Waals surface area contributed by atoms with Gasteiger partial charge in [0.2, 0.25) is 6.54 Å². The molecule has 1 N–H and O–H groups in total. The van der Waals surface area contributed by atoms with Crippen molar-refractivity contribution in [2.75, 3.05) is 13.2 Å². The minimum atomic E-state index is -1.80. The predicted molar refractivity (Wildman–Crippen MR) is 68.5 cm³/mol. The van der Waals surface area contributed by atoms with E-state index in [0.29, 0.717) is 5.56 Å². The molecule has 1 aromatic rings. The molecule has 1 atom stereocenters. The van der Waals surface area contributed by atoms with E-state index >= 15 is 0 Å². The summed E-state index contributed by atoms with van der Waals surface area (Å²) in [5.41, 5.74) is -1.47. The van der Waals surface area contributed by atoms with Gasteiger partial charge in [0, 0.05) is 0 Å². The number of ether oxygens (including phenoxy) is 1. The van der Waals surface area contributed by atoms with Crippen LogP contribution in [-0.4, -0.2) is 30.2 Å². The number of rotatable bonds is 6. The maximum atomic E-state index is 12.1. The molecule has 19 heavy (non-hydrogen) atoms. The summed E-state index contributed by atoms with van der Waals surface area (Å²) in [6.07, 6.45) is -0.103. The number of hydrogen-bond donors (Lipinski definition) is 1. The number of carbonyl (C=O) groups is 2. The summed E-state index contributed by atoms with van der Waals surface area (Å²) >= 11 is 0. The normalized spacial score (nSPS) is 13.1. The molecule has 0 fully saturated rings. The molecule has 0 amide bonds. The van der Waals surface area contributed by atoms with Gasteiger partial charge in [-0.1, -0.05) is 30.3 Å². The topological polar surface area (TPSA) is 68.0 Å². The third-order valence-electron chi connectivity index (χ3n) is 2.85. The highest BCUT2D eigenvalue weighted by molar-refractivity contribution is 6.05. The molecule has 0 aliphatic carbocycles. The molecule has 1 unspecified atom stereocenters. The van der Waals surface area contributed by atoms with Gasteiger partial charge in [0.25, 0.3) is 0 Å². The molecule has 5 heteroatoms. The predicted octanol–water partition coefficient (Wildman–Crippen LogP) is 1.88. The first-order chi connectivity index (χ1) is 9.09. The number of hydrogen-bond acceptors (Lipinski definition) is 3. The summed E-state index contributed by atoms with van der Waals surface area (Å²) in [6.45, 7) is 8.46. The van der Waals surface area contributed by atoms with E-state index in [1.165, 1.54) is 0 Å². The van der Waals surface area contributed by atoms with Gasteiger partial charge in [-0.05, 0) is 12.5 Å². The summed E-state index contributed by atoms with van der Waals surface area (Å²) in [6, 6.07) is 8.17. The Kier molecular flexibility index (Phi) is 5.07. The second kappa shape index (κ2) is 6.55. The monoisotopic (exact) mass is 261 g/mol. The Bertz CT molecular complexity index is 492. The van der Waals surface area contributed by atoms with Gasteiger partial charge in [-0.3, -0.25) is 9.59 Å². The maximum Gasteiger partial charge on any atom is 0.328 e. The first-order valence-electron chi connectivity index (χ1n) is 5.89. The van der Waals surface area contributed by atoms with E-state index < -0.39 is 17.4 Å². The van der Waals surface area contributed by atoms with Crippen molar-refractivity contribution < 1.29 is 19.4 Å². The lowest BCUT2D eigenvalue weighted by molar-refractivity contribution is -0.161. The van der Waals surface area contributed by atoms with Crippen LogP contribution in [0.4, 0.5) is 0 Å². The third kappa shape index (κ3) is 2.91. The van der Waals surface area contributed by atoms with Gasteiger partial charge in [0.1, 0.15) is 0 Å². The van der Waals surface area contributed by atoms with Crippen molar-refractivity contribution in [3.8, 4) is 0 Å². The van der Waals surface area contributed by atoms with Crippen LogP contribution < -0.4 is 0 Å². The fraction of sp³-hybridized carbons (Fsp3) is 0.357. The first-order valence-corrected chi connectivity index (χ1v) is 5.89. The SMILES string of the molecule is [C-]#[N+]CCC(C(=O)O)(C(=O)OCC)c1ccccc1. The quantitative estimate of drug-likeness (QED) is 0.482. The van der Waals surface area contributed by atoms with Crippen molar-refractivity contribution in [3.63, 3.8) is 0 Å². The molecule has 0 spiro atoms. The summed E-state index contributed by atoms with van der Waals surface area (Å²) in [5, 5.41) is 9.50. The van der Waals surface area contributed by atoms with Crippen molar-refractivity contribution >= 4 is 11.9 Å². The maximum absolute atomic E-state index is 12.1. The average Bonchev–Trinajstić information content (AvgIpc) is 2.41. The van der Waals surface area contributed by atoms with Crippen molar-refractivity contribution in [1.29, 1.82) is 0 Å². The molecule has 0 aliphatic heterocycles. The van der Waals surface area contributed by atoms with Crippen molar-refractivity contribution in [2.24, 2.45) is 0 Å². The van der Waals surface area contributed by atoms with Crippen molar-refractivity contribution in [3.05, 3.63) is 47.3 Å². The highest BCUT2D eigenvalue weighted by Crippen LogP contribution is 2.30. The van der Waals surface area contributed by atoms with E-state index in [9.17, 15) is 14.7 Å². The van der Waals surface area contributed by atoms with Crippen molar-refractivity contribution in [2.45, 2.75) is 18.8 Å². The lowest BCUT2D eigenvalue weighted by Crippen LogP contribution is -2.45. The lowest BCUT2D eigenvalue weighted by atomic mass is 9.77. The molecule has 1 aromatic carbocycles. The second-order valence-electron chi connectivity index (χ2n) is 3.93. The van der Waals surface area contributed by atoms with Crippen LogP contribution in [0.3, 0.4) is 0 Å². The van der Waals surface area contributed by atoms with Crippen LogP contribution in [0, 0.1) is 6.57 Å². The van der Waals surface area contributed by atoms with E-state index in [0.717, 1.165) is 0 Å². The molecular weight excluding hydrogens is 246 g/mol. The molecule has 0 saturated heterocycles. The summed E-state index contributed by atoms with van der Waals surface area (Å²) in [5.74, 6) is -2.11. The van der Waals surface area contributed by atoms with Gasteiger partial charge in [0.15, 0.2) is 5.41 Å². The second-order valence-corrected chi connectivity index (χ2v) is 3.93. The van der Waals surface area contributed by atoms with Crippen molar-refractivity contribution in [1.82, 2.24) is 0 Å². The molecular formula is C14H15NO4. The highest BCUT2D eigenvalue weighted by Gasteiger charge is 2.50.